The molecule has 2 heterocycles. The van der Waals surface area contributed by atoms with Crippen molar-refractivity contribution in [3.05, 3.63) is 22.9 Å². The third-order valence-electron chi connectivity index (χ3n) is 12.2. The maximum atomic E-state index is 3.85. The Labute approximate surface area is 246 Å². The molecule has 39 heavy (non-hydrogen) atoms. The van der Waals surface area contributed by atoms with Crippen LogP contribution in [0.25, 0.3) is 0 Å². The van der Waals surface area contributed by atoms with E-state index in [1.165, 1.54) is 58.0 Å². The molecule has 220 valence electrons. The molecule has 2 aliphatic heterocycles. The van der Waals surface area contributed by atoms with Crippen LogP contribution in [0.15, 0.2) is 22.9 Å². The molecule has 5 unspecified atom stereocenters. The highest BCUT2D eigenvalue weighted by atomic mass is 31.1. The van der Waals surface area contributed by atoms with Crippen LogP contribution in [0.2, 0.25) is 19.6 Å². The largest absolute Gasteiger partial charge is 0.316 e. The molecule has 0 amide bonds. The van der Waals surface area contributed by atoms with Crippen molar-refractivity contribution in [1.82, 2.24) is 10.6 Å². The Kier molecular flexibility index (Phi) is 8.48. The van der Waals surface area contributed by atoms with Gasteiger partial charge in [-0.2, -0.15) is 0 Å². The zero-order valence-electron chi connectivity index (χ0n) is 26.2. The van der Waals surface area contributed by atoms with Crippen molar-refractivity contribution in [2.24, 2.45) is 41.4 Å². The van der Waals surface area contributed by atoms with Crippen molar-refractivity contribution in [2.75, 3.05) is 32.3 Å². The molecule has 5 heteroatoms. The number of piperidine rings is 2. The van der Waals surface area contributed by atoms with Gasteiger partial charge in [0, 0.05) is 11.1 Å². The standard InChI is InChI=1S/C34H60N2P2Si/c1-33(2,3)38(32-25-14-23-13-24(16-25)17-26(32)15-23)22-27-18-30(39(4,5)6)19-31(27)34(37,28-9-7-11-35-20-28)29-10-8-12-36-21-29/h18-19,23-29,32,35-36H,7-17,20-22,37H2,1-6H3. The van der Waals surface area contributed by atoms with E-state index >= 15 is 0 Å². The second-order valence-electron chi connectivity index (χ2n) is 16.8. The summed E-state index contributed by atoms with van der Waals surface area (Å²) in [5, 5.41) is 10.1. The second-order valence-corrected chi connectivity index (χ2v) is 26.1. The highest BCUT2D eigenvalue weighted by Crippen LogP contribution is 2.69. The summed E-state index contributed by atoms with van der Waals surface area (Å²) in [5.74, 6) is 6.41. The number of allylic oxidation sites excluding steroid dienone is 4. The minimum absolute atomic E-state index is 0.0367. The topological polar surface area (TPSA) is 24.1 Å². The fourth-order valence-corrected chi connectivity index (χ4v) is 16.5. The molecule has 0 aromatic heterocycles. The third-order valence-corrected chi connectivity index (χ3v) is 19.6. The van der Waals surface area contributed by atoms with Gasteiger partial charge < -0.3 is 10.6 Å². The summed E-state index contributed by atoms with van der Waals surface area (Å²) < 4.78 is 0. The minimum atomic E-state index is -1.40. The average Bonchev–Trinajstić information content (AvgIpc) is 3.33. The Hall–Kier alpha value is 0.477. The van der Waals surface area contributed by atoms with Crippen molar-refractivity contribution < 1.29 is 0 Å². The summed E-state index contributed by atoms with van der Waals surface area (Å²) in [4.78, 5) is 0. The van der Waals surface area contributed by atoms with E-state index in [4.69, 9.17) is 0 Å². The lowest BCUT2D eigenvalue weighted by molar-refractivity contribution is 0.0242. The van der Waals surface area contributed by atoms with E-state index in [0.29, 0.717) is 11.1 Å². The van der Waals surface area contributed by atoms with Crippen molar-refractivity contribution in [3.8, 4) is 0 Å². The molecule has 0 aromatic carbocycles. The molecule has 7 rings (SSSR count). The lowest BCUT2D eigenvalue weighted by Gasteiger charge is -2.59. The Morgan fingerprint density at radius 3 is 1.85 bits per heavy atom. The molecule has 2 saturated heterocycles. The lowest BCUT2D eigenvalue weighted by Crippen LogP contribution is -2.53. The highest BCUT2D eigenvalue weighted by molar-refractivity contribution is 7.60. The van der Waals surface area contributed by atoms with Gasteiger partial charge in [0.1, 0.15) is 0 Å². The first-order valence-corrected chi connectivity index (χ1v) is 22.5. The maximum absolute atomic E-state index is 3.85. The molecular formula is C34H60N2P2Si. The first kappa shape index (κ1) is 29.5. The van der Waals surface area contributed by atoms with Gasteiger partial charge in [0.25, 0.3) is 0 Å². The first-order valence-electron chi connectivity index (χ1n) is 16.9. The highest BCUT2D eigenvalue weighted by Gasteiger charge is 2.54. The van der Waals surface area contributed by atoms with Crippen molar-refractivity contribution in [1.29, 1.82) is 0 Å². The smallest absolute Gasteiger partial charge is 0.0772 e. The number of hydrogen-bond donors (Lipinski definition) is 2. The number of rotatable bonds is 7. The first-order chi connectivity index (χ1) is 18.4. The molecule has 5 aliphatic carbocycles. The summed E-state index contributed by atoms with van der Waals surface area (Å²) in [6.45, 7) is 20.5. The summed E-state index contributed by atoms with van der Waals surface area (Å²) in [6, 6.07) is 0. The van der Waals surface area contributed by atoms with Gasteiger partial charge in [-0.25, -0.2) is 0 Å². The maximum Gasteiger partial charge on any atom is 0.0772 e. The Morgan fingerprint density at radius 1 is 0.872 bits per heavy atom. The molecule has 0 radical (unpaired) electrons. The SMILES string of the molecule is CC(C)(C)P(CC1C=C([Si](C)(C)C)C=C1C(P)(C1CCCNC1)C1CCCNC1)C1C2CC3CC(C2)CC1C3. The van der Waals surface area contributed by atoms with Crippen LogP contribution in [0.1, 0.15) is 78.6 Å². The molecule has 2 nitrogen and oxygen atoms in total. The van der Waals surface area contributed by atoms with Gasteiger partial charge in [0.2, 0.25) is 0 Å². The van der Waals surface area contributed by atoms with E-state index in [2.05, 4.69) is 72.4 Å². The van der Waals surface area contributed by atoms with Crippen LogP contribution < -0.4 is 10.6 Å². The van der Waals surface area contributed by atoms with Gasteiger partial charge in [-0.05, 0) is 136 Å². The molecule has 5 atom stereocenters. The Bertz CT molecular complexity index is 901. The van der Waals surface area contributed by atoms with Crippen LogP contribution in [-0.2, 0) is 0 Å². The van der Waals surface area contributed by atoms with E-state index in [1.54, 1.807) is 37.3 Å². The second kappa shape index (κ2) is 11.2. The Balaban J connectivity index is 1.37. The molecule has 0 aromatic rings. The zero-order chi connectivity index (χ0) is 27.6. The van der Waals surface area contributed by atoms with Gasteiger partial charge in [-0.15, -0.1) is 9.24 Å². The van der Waals surface area contributed by atoms with Gasteiger partial charge >= 0.3 is 0 Å². The molecule has 4 saturated carbocycles. The molecule has 0 spiro atoms. The molecule has 2 N–H and O–H groups in total. The van der Waals surface area contributed by atoms with Gasteiger partial charge in [0.15, 0.2) is 0 Å². The van der Waals surface area contributed by atoms with Crippen LogP contribution in [0.4, 0.5) is 0 Å². The molecule has 4 bridgehead atoms. The van der Waals surface area contributed by atoms with Crippen LogP contribution in [0, 0.1) is 41.4 Å². The Morgan fingerprint density at radius 2 is 1.41 bits per heavy atom. The lowest BCUT2D eigenvalue weighted by atomic mass is 9.56. The van der Waals surface area contributed by atoms with Crippen LogP contribution in [0.5, 0.6) is 0 Å². The minimum Gasteiger partial charge on any atom is -0.316 e. The van der Waals surface area contributed by atoms with E-state index < -0.39 is 8.07 Å². The summed E-state index contributed by atoms with van der Waals surface area (Å²) in [5.41, 5.74) is 2.89. The summed E-state index contributed by atoms with van der Waals surface area (Å²) in [7, 11) is 2.19. The van der Waals surface area contributed by atoms with E-state index in [0.717, 1.165) is 41.2 Å². The normalized spacial score (nSPS) is 41.2. The zero-order valence-corrected chi connectivity index (χ0v) is 29.2. The molecule has 7 aliphatic rings. The monoisotopic (exact) mass is 586 g/mol. The van der Waals surface area contributed by atoms with Crippen LogP contribution in [0.3, 0.4) is 0 Å². The van der Waals surface area contributed by atoms with E-state index in [1.807, 2.05) is 5.57 Å². The summed E-state index contributed by atoms with van der Waals surface area (Å²) in [6.07, 6.45) is 20.5. The van der Waals surface area contributed by atoms with Crippen LogP contribution in [-0.4, -0.2) is 56.4 Å². The quantitative estimate of drug-likeness (QED) is 0.233. The fraction of sp³-hybridized carbons (Fsp3) is 0.882. The van der Waals surface area contributed by atoms with Crippen molar-refractivity contribution >= 4 is 25.2 Å². The third kappa shape index (κ3) is 5.74. The fourth-order valence-electron chi connectivity index (χ4n) is 10.5. The van der Waals surface area contributed by atoms with E-state index in [-0.39, 0.29) is 13.1 Å². The molecule has 6 fully saturated rings. The van der Waals surface area contributed by atoms with Crippen molar-refractivity contribution in [3.63, 3.8) is 0 Å². The predicted molar refractivity (Wildman–Crippen MR) is 179 cm³/mol. The summed E-state index contributed by atoms with van der Waals surface area (Å²) >= 11 is 0. The van der Waals surface area contributed by atoms with E-state index in [9.17, 15) is 0 Å². The average molecular weight is 587 g/mol. The van der Waals surface area contributed by atoms with Crippen LogP contribution >= 0.6 is 17.2 Å². The number of hydrogen-bond acceptors (Lipinski definition) is 2. The van der Waals surface area contributed by atoms with Gasteiger partial charge in [-0.1, -0.05) is 71.3 Å². The van der Waals surface area contributed by atoms with Gasteiger partial charge in [0.05, 0.1) is 8.07 Å². The number of nitrogens with one attached hydrogen (secondary N) is 2. The molecular weight excluding hydrogens is 526 g/mol. The predicted octanol–water partition coefficient (Wildman–Crippen LogP) is 8.06. The van der Waals surface area contributed by atoms with Gasteiger partial charge in [-0.3, -0.25) is 0 Å². The van der Waals surface area contributed by atoms with Crippen molar-refractivity contribution in [2.45, 2.75) is 114 Å².